The summed E-state index contributed by atoms with van der Waals surface area (Å²) in [5, 5.41) is 12.8. The highest BCUT2D eigenvalue weighted by atomic mass is 16.5. The van der Waals surface area contributed by atoms with E-state index in [2.05, 4.69) is 15.3 Å². The summed E-state index contributed by atoms with van der Waals surface area (Å²) in [5.41, 5.74) is 0.685. The molecule has 1 saturated heterocycles. The lowest BCUT2D eigenvalue weighted by atomic mass is 10.0. The summed E-state index contributed by atoms with van der Waals surface area (Å²) in [7, 11) is 0. The third-order valence-corrected chi connectivity index (χ3v) is 4.66. The second-order valence-corrected chi connectivity index (χ2v) is 6.60. The van der Waals surface area contributed by atoms with Crippen molar-refractivity contribution >= 4 is 5.95 Å². The number of aliphatic hydroxyl groups is 1. The number of ether oxygens (including phenoxy) is 1. The number of anilines is 1. The van der Waals surface area contributed by atoms with Gasteiger partial charge in [0.1, 0.15) is 0 Å². The average Bonchev–Trinajstić information content (AvgIpc) is 2.62. The fourth-order valence-corrected chi connectivity index (χ4v) is 3.14. The van der Waals surface area contributed by atoms with E-state index in [4.69, 9.17) is 4.74 Å². The molecule has 0 unspecified atom stereocenters. The number of hydrogen-bond acceptors (Lipinski definition) is 6. The Morgan fingerprint density at radius 1 is 1.27 bits per heavy atom. The number of rotatable bonds is 5. The van der Waals surface area contributed by atoms with Crippen LogP contribution >= 0.6 is 0 Å². The summed E-state index contributed by atoms with van der Waals surface area (Å²) in [5.74, 6) is 0.137. The van der Waals surface area contributed by atoms with Gasteiger partial charge in [0.25, 0.3) is 0 Å². The Bertz CT molecular complexity index is 837. The van der Waals surface area contributed by atoms with Crippen molar-refractivity contribution in [3.05, 3.63) is 56.4 Å². The molecule has 3 N–H and O–H groups in total. The monoisotopic (exact) mass is 360 g/mol. The maximum atomic E-state index is 12.4. The molecule has 0 aliphatic carbocycles. The second-order valence-electron chi connectivity index (χ2n) is 6.60. The molecule has 8 nitrogen and oxygen atoms in total. The fourth-order valence-electron chi connectivity index (χ4n) is 3.14. The standard InChI is InChI=1S/C18H24N4O4/c1-11(13-4-3-5-14(10-13)12(2)23)19-16-20-17(24)22(18(25)21-16)15-6-8-26-9-7-15/h3-5,10-12,15,23H,6-9H2,1-2H3,(H2,19,20,21,24,25)/t11-,12-/m0/s1. The Hall–Kier alpha value is -2.45. The molecular weight excluding hydrogens is 336 g/mol. The molecule has 0 saturated carbocycles. The molecule has 0 bridgehead atoms. The van der Waals surface area contributed by atoms with E-state index in [9.17, 15) is 14.7 Å². The molecule has 0 spiro atoms. The molecular formula is C18H24N4O4. The van der Waals surface area contributed by atoms with Gasteiger partial charge in [0, 0.05) is 19.3 Å². The third-order valence-electron chi connectivity index (χ3n) is 4.66. The maximum Gasteiger partial charge on any atom is 0.355 e. The molecule has 3 rings (SSSR count). The van der Waals surface area contributed by atoms with Gasteiger partial charge in [-0.15, -0.1) is 0 Å². The van der Waals surface area contributed by atoms with Crippen molar-refractivity contribution in [1.29, 1.82) is 0 Å². The van der Waals surface area contributed by atoms with E-state index < -0.39 is 17.5 Å². The van der Waals surface area contributed by atoms with Gasteiger partial charge in [-0.25, -0.2) is 14.2 Å². The van der Waals surface area contributed by atoms with Crippen molar-refractivity contribution in [2.75, 3.05) is 18.5 Å². The fraction of sp³-hybridized carbons (Fsp3) is 0.500. The molecule has 2 aromatic rings. The number of nitrogens with one attached hydrogen (secondary N) is 2. The summed E-state index contributed by atoms with van der Waals surface area (Å²) < 4.78 is 6.45. The molecule has 1 aliphatic heterocycles. The first-order valence-electron chi connectivity index (χ1n) is 8.81. The van der Waals surface area contributed by atoms with Crippen LogP contribution in [0, 0.1) is 0 Å². The van der Waals surface area contributed by atoms with E-state index in [-0.39, 0.29) is 18.0 Å². The van der Waals surface area contributed by atoms with Crippen LogP contribution in [0.15, 0.2) is 33.9 Å². The number of aromatic nitrogens is 3. The molecule has 1 fully saturated rings. The van der Waals surface area contributed by atoms with Gasteiger partial charge in [0.2, 0.25) is 5.95 Å². The number of hydrogen-bond donors (Lipinski definition) is 3. The smallest absolute Gasteiger partial charge is 0.355 e. The van der Waals surface area contributed by atoms with Crippen molar-refractivity contribution in [2.24, 2.45) is 0 Å². The summed E-state index contributed by atoms with van der Waals surface area (Å²) in [6.07, 6.45) is 0.684. The van der Waals surface area contributed by atoms with Crippen LogP contribution in [0.25, 0.3) is 0 Å². The molecule has 0 radical (unpaired) electrons. The zero-order valence-electron chi connectivity index (χ0n) is 14.9. The van der Waals surface area contributed by atoms with Gasteiger partial charge in [-0.3, -0.25) is 4.98 Å². The lowest BCUT2D eigenvalue weighted by molar-refractivity contribution is 0.0670. The largest absolute Gasteiger partial charge is 0.389 e. The van der Waals surface area contributed by atoms with Crippen LogP contribution in [0.2, 0.25) is 0 Å². The molecule has 8 heteroatoms. The minimum Gasteiger partial charge on any atom is -0.389 e. The van der Waals surface area contributed by atoms with Gasteiger partial charge in [-0.05, 0) is 37.8 Å². The highest BCUT2D eigenvalue weighted by Gasteiger charge is 2.20. The molecule has 1 aromatic heterocycles. The highest BCUT2D eigenvalue weighted by Crippen LogP contribution is 2.21. The predicted octanol–water partition coefficient (Wildman–Crippen LogP) is 1.51. The Kier molecular flexibility index (Phi) is 5.53. The van der Waals surface area contributed by atoms with Crippen LogP contribution < -0.4 is 16.7 Å². The Morgan fingerprint density at radius 3 is 2.62 bits per heavy atom. The molecule has 1 aromatic carbocycles. The van der Waals surface area contributed by atoms with Crippen LogP contribution in [0.3, 0.4) is 0 Å². The van der Waals surface area contributed by atoms with E-state index in [0.29, 0.717) is 26.1 Å². The highest BCUT2D eigenvalue weighted by molar-refractivity contribution is 5.33. The second kappa shape index (κ2) is 7.84. The Balaban J connectivity index is 1.81. The van der Waals surface area contributed by atoms with Crippen LogP contribution in [-0.2, 0) is 4.74 Å². The first-order valence-corrected chi connectivity index (χ1v) is 8.81. The first kappa shape index (κ1) is 18.3. The normalized spacial score (nSPS) is 17.7. The molecule has 2 heterocycles. The van der Waals surface area contributed by atoms with Crippen LogP contribution in [0.5, 0.6) is 0 Å². The van der Waals surface area contributed by atoms with Crippen molar-refractivity contribution in [1.82, 2.24) is 14.5 Å². The molecule has 2 atom stereocenters. The van der Waals surface area contributed by atoms with E-state index in [0.717, 1.165) is 11.1 Å². The van der Waals surface area contributed by atoms with Gasteiger partial charge in [0.15, 0.2) is 0 Å². The third kappa shape index (κ3) is 4.03. The van der Waals surface area contributed by atoms with Crippen molar-refractivity contribution in [3.63, 3.8) is 0 Å². The number of nitrogens with zero attached hydrogens (tertiary/aromatic N) is 2. The zero-order valence-corrected chi connectivity index (χ0v) is 14.9. The molecule has 1 aliphatic rings. The minimum absolute atomic E-state index is 0.137. The predicted molar refractivity (Wildman–Crippen MR) is 97.3 cm³/mol. The van der Waals surface area contributed by atoms with Crippen molar-refractivity contribution in [3.8, 4) is 0 Å². The zero-order chi connectivity index (χ0) is 18.7. The van der Waals surface area contributed by atoms with Gasteiger partial charge in [-0.2, -0.15) is 4.98 Å². The van der Waals surface area contributed by atoms with Crippen LogP contribution in [0.4, 0.5) is 5.95 Å². The quantitative estimate of drug-likeness (QED) is 0.746. The van der Waals surface area contributed by atoms with Crippen LogP contribution in [0.1, 0.15) is 56.0 Å². The summed E-state index contributed by atoms with van der Waals surface area (Å²) in [6.45, 7) is 4.66. The number of aliphatic hydroxyl groups excluding tert-OH is 1. The Morgan fingerprint density at radius 2 is 1.96 bits per heavy atom. The average molecular weight is 360 g/mol. The minimum atomic E-state index is -0.566. The molecule has 140 valence electrons. The van der Waals surface area contributed by atoms with Crippen LogP contribution in [-0.4, -0.2) is 32.9 Å². The van der Waals surface area contributed by atoms with E-state index in [1.807, 2.05) is 31.2 Å². The Labute approximate surface area is 150 Å². The lowest BCUT2D eigenvalue weighted by Gasteiger charge is -2.23. The lowest BCUT2D eigenvalue weighted by Crippen LogP contribution is -2.42. The number of aromatic amines is 1. The SMILES string of the molecule is C[C@H](O)c1cccc([C@H](C)Nc2nc(=O)n(C3CCOCC3)c(=O)[nH]2)c1. The molecule has 26 heavy (non-hydrogen) atoms. The number of benzene rings is 1. The van der Waals surface area contributed by atoms with Gasteiger partial charge in [0.05, 0.1) is 12.1 Å². The topological polar surface area (TPSA) is 109 Å². The van der Waals surface area contributed by atoms with Crippen molar-refractivity contribution in [2.45, 2.75) is 44.9 Å². The van der Waals surface area contributed by atoms with Crippen molar-refractivity contribution < 1.29 is 9.84 Å². The van der Waals surface area contributed by atoms with E-state index >= 15 is 0 Å². The van der Waals surface area contributed by atoms with Gasteiger partial charge in [-0.1, -0.05) is 24.3 Å². The van der Waals surface area contributed by atoms with E-state index in [1.54, 1.807) is 6.92 Å². The molecule has 0 amide bonds. The van der Waals surface area contributed by atoms with Gasteiger partial charge < -0.3 is 15.2 Å². The number of H-pyrrole nitrogens is 1. The first-order chi connectivity index (χ1) is 12.5. The summed E-state index contributed by atoms with van der Waals surface area (Å²) in [6, 6.07) is 7.11. The van der Waals surface area contributed by atoms with E-state index in [1.165, 1.54) is 4.57 Å². The van der Waals surface area contributed by atoms with Gasteiger partial charge >= 0.3 is 11.4 Å². The summed E-state index contributed by atoms with van der Waals surface area (Å²) >= 11 is 0. The maximum absolute atomic E-state index is 12.4. The summed E-state index contributed by atoms with van der Waals surface area (Å²) in [4.78, 5) is 31.3.